The van der Waals surface area contributed by atoms with E-state index in [0.29, 0.717) is 27.1 Å². The number of fused-ring (bicyclic) bond motifs is 2. The summed E-state index contributed by atoms with van der Waals surface area (Å²) in [5.74, 6) is -0.234. The molecule has 0 amide bonds. The Morgan fingerprint density at radius 3 is 2.83 bits per heavy atom. The zero-order valence-electron chi connectivity index (χ0n) is 12.0. The van der Waals surface area contributed by atoms with Crippen molar-refractivity contribution in [1.82, 2.24) is 18.9 Å². The van der Waals surface area contributed by atoms with E-state index in [4.69, 9.17) is 23.2 Å². The van der Waals surface area contributed by atoms with Crippen molar-refractivity contribution < 1.29 is 4.79 Å². The number of carbonyl (C=O) groups is 1. The number of rotatable bonds is 1. The smallest absolute Gasteiger partial charge is 0.282 e. The van der Waals surface area contributed by atoms with Crippen LogP contribution in [-0.4, -0.2) is 24.8 Å². The molecule has 0 aliphatic heterocycles. The van der Waals surface area contributed by atoms with Gasteiger partial charge in [0.2, 0.25) is 0 Å². The first-order valence-electron chi connectivity index (χ1n) is 6.87. The summed E-state index contributed by atoms with van der Waals surface area (Å²) in [4.78, 5) is 21.7. The Labute approximate surface area is 141 Å². The molecule has 0 fully saturated rings. The van der Waals surface area contributed by atoms with E-state index < -0.39 is 0 Å². The second-order valence-corrected chi connectivity index (χ2v) is 6.00. The van der Waals surface area contributed by atoms with Crippen LogP contribution in [0.25, 0.3) is 16.7 Å². The van der Waals surface area contributed by atoms with E-state index in [2.05, 4.69) is 9.97 Å². The van der Waals surface area contributed by atoms with E-state index in [9.17, 15) is 4.79 Å². The van der Waals surface area contributed by atoms with Crippen LogP contribution in [0.15, 0.2) is 42.9 Å². The molecule has 3 heterocycles. The first kappa shape index (κ1) is 14.2. The van der Waals surface area contributed by atoms with Crippen LogP contribution in [0.4, 0.5) is 0 Å². The van der Waals surface area contributed by atoms with Crippen LogP contribution in [0.3, 0.4) is 0 Å². The van der Waals surface area contributed by atoms with Crippen molar-refractivity contribution in [2.75, 3.05) is 0 Å². The number of benzene rings is 1. The molecule has 4 rings (SSSR count). The Hall–Kier alpha value is -2.37. The second-order valence-electron chi connectivity index (χ2n) is 5.15. The first-order valence-corrected chi connectivity index (χ1v) is 7.62. The molecule has 4 aromatic rings. The molecule has 5 nitrogen and oxygen atoms in total. The van der Waals surface area contributed by atoms with Crippen LogP contribution in [0, 0.1) is 6.92 Å². The average molecular weight is 345 g/mol. The number of aromatic nitrogens is 4. The molecule has 0 spiro atoms. The molecule has 0 unspecified atom stereocenters. The summed E-state index contributed by atoms with van der Waals surface area (Å²) < 4.78 is 3.12. The van der Waals surface area contributed by atoms with Gasteiger partial charge in [-0.05, 0) is 25.1 Å². The summed E-state index contributed by atoms with van der Waals surface area (Å²) >= 11 is 12.2. The zero-order valence-corrected chi connectivity index (χ0v) is 13.5. The number of halogens is 2. The summed E-state index contributed by atoms with van der Waals surface area (Å²) in [6, 6.07) is 9.05. The largest absolute Gasteiger partial charge is 0.292 e. The van der Waals surface area contributed by atoms with Crippen LogP contribution in [0.1, 0.15) is 16.2 Å². The molecule has 23 heavy (non-hydrogen) atoms. The maximum absolute atomic E-state index is 13.0. The molecule has 0 atom stereocenters. The highest BCUT2D eigenvalue weighted by Crippen LogP contribution is 2.25. The van der Waals surface area contributed by atoms with Crippen molar-refractivity contribution >= 4 is 45.8 Å². The maximum Gasteiger partial charge on any atom is 0.282 e. The predicted molar refractivity (Wildman–Crippen MR) is 89.4 cm³/mol. The molecule has 0 aliphatic rings. The number of nitrogens with zero attached hydrogens (tertiary/aromatic N) is 4. The average Bonchev–Trinajstić information content (AvgIpc) is 3.08. The molecule has 1 aromatic carbocycles. The normalized spacial score (nSPS) is 11.4. The summed E-state index contributed by atoms with van der Waals surface area (Å²) in [7, 11) is 0. The lowest BCUT2D eigenvalue weighted by Crippen LogP contribution is -2.14. The highest BCUT2D eigenvalue weighted by Gasteiger charge is 2.21. The summed E-state index contributed by atoms with van der Waals surface area (Å²) in [6.45, 7) is 1.77. The van der Waals surface area contributed by atoms with Gasteiger partial charge >= 0.3 is 0 Å². The van der Waals surface area contributed by atoms with Crippen molar-refractivity contribution in [2.45, 2.75) is 6.92 Å². The van der Waals surface area contributed by atoms with E-state index in [1.54, 1.807) is 23.6 Å². The fourth-order valence-electron chi connectivity index (χ4n) is 2.68. The van der Waals surface area contributed by atoms with Gasteiger partial charge in [-0.25, -0.2) is 9.97 Å². The van der Waals surface area contributed by atoms with Gasteiger partial charge in [0.1, 0.15) is 12.0 Å². The molecular formula is C16H10Cl2N4O. The molecular weight excluding hydrogens is 335 g/mol. The maximum atomic E-state index is 13.0. The van der Waals surface area contributed by atoms with Crippen molar-refractivity contribution in [3.05, 3.63) is 64.3 Å². The predicted octanol–water partition coefficient (Wildman–Crippen LogP) is 3.99. The standard InChI is InChI=1S/C16H10Cl2N4O/c1-9-14(21-7-10(17)6-11(18)15(21)20-9)16(23)22-8-19-12-4-2-3-5-13(12)22/h2-8H,1H3. The summed E-state index contributed by atoms with van der Waals surface area (Å²) in [5.41, 5.74) is 2.98. The van der Waals surface area contributed by atoms with Crippen LogP contribution >= 0.6 is 23.2 Å². The minimum Gasteiger partial charge on any atom is -0.292 e. The fraction of sp³-hybridized carbons (Fsp3) is 0.0625. The number of hydrogen-bond donors (Lipinski definition) is 0. The van der Waals surface area contributed by atoms with Gasteiger partial charge < -0.3 is 0 Å². The van der Waals surface area contributed by atoms with Gasteiger partial charge in [0.15, 0.2) is 5.65 Å². The van der Waals surface area contributed by atoms with Crippen LogP contribution < -0.4 is 0 Å². The van der Waals surface area contributed by atoms with E-state index in [1.165, 1.54) is 10.9 Å². The van der Waals surface area contributed by atoms with Gasteiger partial charge in [-0.3, -0.25) is 13.8 Å². The van der Waals surface area contributed by atoms with Crippen molar-refractivity contribution in [3.8, 4) is 0 Å². The molecule has 0 radical (unpaired) electrons. The van der Waals surface area contributed by atoms with E-state index in [0.717, 1.165) is 11.0 Å². The molecule has 0 bridgehead atoms. The zero-order chi connectivity index (χ0) is 16.1. The van der Waals surface area contributed by atoms with E-state index in [1.807, 2.05) is 24.3 Å². The second kappa shape index (κ2) is 5.08. The quantitative estimate of drug-likeness (QED) is 0.524. The SMILES string of the molecule is Cc1nc2c(Cl)cc(Cl)cn2c1C(=O)n1cnc2ccccc21. The van der Waals surface area contributed by atoms with Crippen molar-refractivity contribution in [2.24, 2.45) is 0 Å². The first-order chi connectivity index (χ1) is 11.1. The van der Waals surface area contributed by atoms with Gasteiger partial charge in [0.25, 0.3) is 5.91 Å². The molecule has 114 valence electrons. The third kappa shape index (κ3) is 2.12. The van der Waals surface area contributed by atoms with Crippen LogP contribution in [0.5, 0.6) is 0 Å². The molecule has 0 saturated heterocycles. The van der Waals surface area contributed by atoms with Gasteiger partial charge in [-0.1, -0.05) is 35.3 Å². The van der Waals surface area contributed by atoms with Crippen LogP contribution in [0.2, 0.25) is 10.0 Å². The molecule has 0 N–H and O–H groups in total. The Bertz CT molecular complexity index is 1080. The van der Waals surface area contributed by atoms with E-state index >= 15 is 0 Å². The third-order valence-corrected chi connectivity index (χ3v) is 4.18. The highest BCUT2D eigenvalue weighted by atomic mass is 35.5. The number of imidazole rings is 2. The summed E-state index contributed by atoms with van der Waals surface area (Å²) in [5, 5.41) is 0.833. The van der Waals surface area contributed by atoms with Crippen molar-refractivity contribution in [3.63, 3.8) is 0 Å². The van der Waals surface area contributed by atoms with Gasteiger partial charge in [0, 0.05) is 6.20 Å². The number of hydrogen-bond acceptors (Lipinski definition) is 3. The number of aryl methyl sites for hydroxylation is 1. The van der Waals surface area contributed by atoms with Gasteiger partial charge in [0.05, 0.1) is 26.8 Å². The Balaban J connectivity index is 1.99. The monoisotopic (exact) mass is 344 g/mol. The lowest BCUT2D eigenvalue weighted by atomic mass is 10.3. The molecule has 7 heteroatoms. The van der Waals surface area contributed by atoms with E-state index in [-0.39, 0.29) is 5.91 Å². The van der Waals surface area contributed by atoms with Gasteiger partial charge in [-0.15, -0.1) is 0 Å². The number of para-hydroxylation sites is 2. The lowest BCUT2D eigenvalue weighted by Gasteiger charge is -2.05. The minimum atomic E-state index is -0.234. The lowest BCUT2D eigenvalue weighted by molar-refractivity contribution is 0.0958. The highest BCUT2D eigenvalue weighted by molar-refractivity contribution is 6.36. The molecule has 3 aromatic heterocycles. The Morgan fingerprint density at radius 2 is 2.00 bits per heavy atom. The fourth-order valence-corrected chi connectivity index (χ4v) is 3.19. The minimum absolute atomic E-state index is 0.234. The number of pyridine rings is 1. The summed E-state index contributed by atoms with van der Waals surface area (Å²) in [6.07, 6.45) is 3.15. The Kier molecular flexibility index (Phi) is 3.14. The molecule has 0 saturated carbocycles. The van der Waals surface area contributed by atoms with Crippen LogP contribution in [-0.2, 0) is 0 Å². The third-order valence-electron chi connectivity index (χ3n) is 3.69. The molecule has 0 aliphatic carbocycles. The van der Waals surface area contributed by atoms with Gasteiger partial charge in [-0.2, -0.15) is 0 Å². The topological polar surface area (TPSA) is 52.2 Å². The Morgan fingerprint density at radius 1 is 1.22 bits per heavy atom. The van der Waals surface area contributed by atoms with Crippen molar-refractivity contribution in [1.29, 1.82) is 0 Å². The number of carbonyl (C=O) groups excluding carboxylic acids is 1.